The minimum Gasteiger partial charge on any atom is -0.444 e. The molecule has 0 saturated heterocycles. The molecule has 1 N–H and O–H groups in total. The molecule has 0 saturated carbocycles. The maximum Gasteiger partial charge on any atom is 0.408 e. The van der Waals surface area contributed by atoms with E-state index in [-0.39, 0.29) is 12.0 Å². The van der Waals surface area contributed by atoms with E-state index in [0.717, 1.165) is 28.6 Å². The number of fused-ring (bicyclic) bond motifs is 1. The number of thioether (sulfide) groups is 1. The number of amides is 1. The first kappa shape index (κ1) is 20.4. The highest BCUT2D eigenvalue weighted by Crippen LogP contribution is 2.30. The molecule has 7 nitrogen and oxygen atoms in total. The van der Waals surface area contributed by atoms with Gasteiger partial charge >= 0.3 is 6.09 Å². The van der Waals surface area contributed by atoms with Crippen LogP contribution < -0.4 is 5.32 Å². The van der Waals surface area contributed by atoms with Crippen LogP contribution in [0.3, 0.4) is 0 Å². The molecule has 2 unspecified atom stereocenters. The van der Waals surface area contributed by atoms with E-state index in [0.29, 0.717) is 5.82 Å². The molecule has 0 spiro atoms. The maximum atomic E-state index is 12.4. The molecule has 3 rings (SSSR count). The van der Waals surface area contributed by atoms with Crippen molar-refractivity contribution in [3.8, 4) is 0 Å². The normalized spacial score (nSPS) is 16.0. The van der Waals surface area contributed by atoms with Gasteiger partial charge in [-0.3, -0.25) is 0 Å². The Labute approximate surface area is 170 Å². The van der Waals surface area contributed by atoms with Crippen molar-refractivity contribution in [1.82, 2.24) is 20.2 Å². The second-order valence-corrected chi connectivity index (χ2v) is 8.81. The summed E-state index contributed by atoms with van der Waals surface area (Å²) in [6.07, 6.45) is 0.399. The molecule has 2 atom stereocenters. The van der Waals surface area contributed by atoms with E-state index >= 15 is 0 Å². The Morgan fingerprint density at radius 3 is 2.64 bits per heavy atom. The van der Waals surface area contributed by atoms with Gasteiger partial charge in [0.05, 0.1) is 11.8 Å². The Morgan fingerprint density at radius 1 is 1.29 bits per heavy atom. The van der Waals surface area contributed by atoms with Gasteiger partial charge in [0.1, 0.15) is 5.60 Å². The molecule has 2 aromatic rings. The van der Waals surface area contributed by atoms with Gasteiger partial charge in [-0.2, -0.15) is 9.78 Å². The number of nitrogens with one attached hydrogen (secondary N) is 1. The van der Waals surface area contributed by atoms with Gasteiger partial charge in [-0.1, -0.05) is 62.4 Å². The Morgan fingerprint density at radius 2 is 2.00 bits per heavy atom. The Balaban J connectivity index is 1.92. The summed E-state index contributed by atoms with van der Waals surface area (Å²) in [5, 5.41) is 17.1. The Bertz CT molecular complexity index is 857. The van der Waals surface area contributed by atoms with Crippen molar-refractivity contribution in [3.63, 3.8) is 0 Å². The van der Waals surface area contributed by atoms with E-state index in [9.17, 15) is 4.79 Å². The highest BCUT2D eigenvalue weighted by molar-refractivity contribution is 7.99. The third-order valence-corrected chi connectivity index (χ3v) is 5.40. The molecule has 8 heteroatoms. The fourth-order valence-electron chi connectivity index (χ4n) is 2.84. The average Bonchev–Trinajstić information content (AvgIpc) is 3.07. The van der Waals surface area contributed by atoms with Crippen molar-refractivity contribution in [2.45, 2.75) is 57.8 Å². The molecule has 1 aliphatic rings. The first-order valence-electron chi connectivity index (χ1n) is 9.49. The van der Waals surface area contributed by atoms with E-state index in [1.807, 2.05) is 51.1 Å². The van der Waals surface area contributed by atoms with Crippen molar-refractivity contribution in [2.24, 2.45) is 11.0 Å². The molecule has 150 valence electrons. The average molecular weight is 402 g/mol. The number of benzene rings is 1. The number of aromatic nitrogens is 3. The lowest BCUT2D eigenvalue weighted by Crippen LogP contribution is -2.38. The van der Waals surface area contributed by atoms with Gasteiger partial charge in [-0.05, 0) is 32.3 Å². The SMILES string of the molecule is CCC(C)C(NC(=O)OC(C)(C)C)c1nnc2n1N=C(c1ccccc1)CS2. The minimum absolute atomic E-state index is 0.142. The molecule has 0 bridgehead atoms. The Hall–Kier alpha value is -2.35. The third kappa shape index (κ3) is 4.73. The molecule has 1 aromatic heterocycles. The van der Waals surface area contributed by atoms with E-state index in [1.54, 1.807) is 16.4 Å². The van der Waals surface area contributed by atoms with Crippen LogP contribution in [0, 0.1) is 5.92 Å². The van der Waals surface area contributed by atoms with E-state index in [4.69, 9.17) is 9.84 Å². The van der Waals surface area contributed by atoms with Crippen molar-refractivity contribution in [1.29, 1.82) is 0 Å². The number of carbonyl (C=O) groups is 1. The van der Waals surface area contributed by atoms with E-state index in [1.165, 1.54) is 0 Å². The van der Waals surface area contributed by atoms with Crippen LogP contribution in [0.25, 0.3) is 0 Å². The van der Waals surface area contributed by atoms with Crippen molar-refractivity contribution >= 4 is 23.6 Å². The number of hydrogen-bond acceptors (Lipinski definition) is 6. The summed E-state index contributed by atoms with van der Waals surface area (Å²) in [5.41, 5.74) is 1.46. The molecule has 2 heterocycles. The van der Waals surface area contributed by atoms with Crippen LogP contribution in [-0.4, -0.2) is 38.0 Å². The first-order chi connectivity index (χ1) is 13.3. The highest BCUT2D eigenvalue weighted by Gasteiger charge is 2.31. The summed E-state index contributed by atoms with van der Waals surface area (Å²) in [6.45, 7) is 9.68. The lowest BCUT2D eigenvalue weighted by Gasteiger charge is -2.26. The van der Waals surface area contributed by atoms with Crippen LogP contribution in [-0.2, 0) is 4.74 Å². The number of rotatable bonds is 5. The molecule has 28 heavy (non-hydrogen) atoms. The Kier molecular flexibility index (Phi) is 6.07. The zero-order chi connectivity index (χ0) is 20.3. The smallest absolute Gasteiger partial charge is 0.408 e. The fraction of sp³-hybridized carbons (Fsp3) is 0.500. The van der Waals surface area contributed by atoms with Crippen LogP contribution in [0.5, 0.6) is 0 Å². The largest absolute Gasteiger partial charge is 0.444 e. The minimum atomic E-state index is -0.567. The zero-order valence-electron chi connectivity index (χ0n) is 17.0. The lowest BCUT2D eigenvalue weighted by molar-refractivity contribution is 0.0482. The van der Waals surface area contributed by atoms with Gasteiger partial charge in [-0.25, -0.2) is 4.79 Å². The summed E-state index contributed by atoms with van der Waals surface area (Å²) in [4.78, 5) is 12.4. The van der Waals surface area contributed by atoms with Crippen molar-refractivity contribution < 1.29 is 9.53 Å². The fourth-order valence-corrected chi connectivity index (χ4v) is 3.69. The molecule has 0 fully saturated rings. The summed E-state index contributed by atoms with van der Waals surface area (Å²) < 4.78 is 7.20. The predicted molar refractivity (Wildman–Crippen MR) is 111 cm³/mol. The number of alkyl carbamates (subject to hydrolysis) is 1. The van der Waals surface area contributed by atoms with Crippen LogP contribution in [0.15, 0.2) is 40.6 Å². The number of hydrogen-bond donors (Lipinski definition) is 1. The topological polar surface area (TPSA) is 81.4 Å². The lowest BCUT2D eigenvalue weighted by atomic mass is 9.99. The van der Waals surface area contributed by atoms with Crippen molar-refractivity contribution in [3.05, 3.63) is 41.7 Å². The van der Waals surface area contributed by atoms with Gasteiger partial charge in [0.15, 0.2) is 5.82 Å². The van der Waals surface area contributed by atoms with Gasteiger partial charge in [0, 0.05) is 5.75 Å². The summed E-state index contributed by atoms with van der Waals surface area (Å²) in [5.74, 6) is 1.49. The highest BCUT2D eigenvalue weighted by atomic mass is 32.2. The second-order valence-electron chi connectivity index (χ2n) is 7.86. The van der Waals surface area contributed by atoms with Crippen LogP contribution >= 0.6 is 11.8 Å². The number of ether oxygens (including phenoxy) is 1. The van der Waals surface area contributed by atoms with Gasteiger partial charge in [0.2, 0.25) is 5.16 Å². The van der Waals surface area contributed by atoms with Gasteiger partial charge in [-0.15, -0.1) is 10.2 Å². The maximum absolute atomic E-state index is 12.4. The molecule has 1 amide bonds. The molecule has 1 aromatic carbocycles. The summed E-state index contributed by atoms with van der Waals surface area (Å²) >= 11 is 1.59. The standard InChI is InChI=1S/C20H27N5O2S/c1-6-13(2)16(21-19(26)27-20(3,4)5)17-22-23-18-25(17)24-15(12-28-18)14-10-8-7-9-11-14/h7-11,13,16H,6,12H2,1-5H3,(H,21,26). The molecule has 0 radical (unpaired) electrons. The second kappa shape index (κ2) is 8.34. The third-order valence-electron chi connectivity index (χ3n) is 4.47. The van der Waals surface area contributed by atoms with E-state index in [2.05, 4.69) is 29.4 Å². The van der Waals surface area contributed by atoms with Crippen molar-refractivity contribution in [2.75, 3.05) is 5.75 Å². The zero-order valence-corrected chi connectivity index (χ0v) is 17.8. The predicted octanol–water partition coefficient (Wildman–Crippen LogP) is 4.25. The quantitative estimate of drug-likeness (QED) is 0.810. The van der Waals surface area contributed by atoms with Gasteiger partial charge in [0.25, 0.3) is 0 Å². The summed E-state index contributed by atoms with van der Waals surface area (Å²) in [6, 6.07) is 9.72. The summed E-state index contributed by atoms with van der Waals surface area (Å²) in [7, 11) is 0. The monoisotopic (exact) mass is 401 g/mol. The van der Waals surface area contributed by atoms with Gasteiger partial charge < -0.3 is 10.1 Å². The first-order valence-corrected chi connectivity index (χ1v) is 10.5. The van der Waals surface area contributed by atoms with E-state index < -0.39 is 11.7 Å². The van der Waals surface area contributed by atoms with Crippen LogP contribution in [0.2, 0.25) is 0 Å². The molecule has 0 aliphatic carbocycles. The van der Waals surface area contributed by atoms with Crippen LogP contribution in [0.1, 0.15) is 58.5 Å². The molecular formula is C20H27N5O2S. The van der Waals surface area contributed by atoms with Crippen LogP contribution in [0.4, 0.5) is 4.79 Å². The number of carbonyl (C=O) groups excluding carboxylic acids is 1. The molecular weight excluding hydrogens is 374 g/mol. The number of nitrogens with zero attached hydrogens (tertiary/aromatic N) is 4. The molecule has 1 aliphatic heterocycles.